The van der Waals surface area contributed by atoms with Crippen molar-refractivity contribution in [3.8, 4) is 22.9 Å². The molecule has 3 aromatic carbocycles. The SMILES string of the molecule is O=C(NCCc1ccccc1)c1cccc(-c2cc(Oc3ccccc3)ncn2)c1. The molecule has 148 valence electrons. The number of hydrogen-bond acceptors (Lipinski definition) is 4. The first-order chi connectivity index (χ1) is 14.8. The molecule has 0 bridgehead atoms. The first-order valence-corrected chi connectivity index (χ1v) is 9.75. The minimum absolute atomic E-state index is 0.109. The predicted octanol–water partition coefficient (Wildman–Crippen LogP) is 4.91. The van der Waals surface area contributed by atoms with Gasteiger partial charge in [-0.3, -0.25) is 4.79 Å². The van der Waals surface area contributed by atoms with E-state index in [2.05, 4.69) is 27.4 Å². The number of hydrogen-bond donors (Lipinski definition) is 1. The Morgan fingerprint density at radius 2 is 1.60 bits per heavy atom. The molecular weight excluding hydrogens is 374 g/mol. The standard InChI is InChI=1S/C25H21N3O2/c29-25(26-15-14-19-8-3-1-4-9-19)21-11-7-10-20(16-21)23-17-24(28-18-27-23)30-22-12-5-2-6-13-22/h1-13,16-18H,14-15H2,(H,26,29). The van der Waals surface area contributed by atoms with Gasteiger partial charge in [0.15, 0.2) is 0 Å². The van der Waals surface area contributed by atoms with Crippen LogP contribution in [0.25, 0.3) is 11.3 Å². The van der Waals surface area contributed by atoms with Crippen LogP contribution in [0.4, 0.5) is 0 Å². The van der Waals surface area contributed by atoms with Gasteiger partial charge in [-0.2, -0.15) is 0 Å². The Balaban J connectivity index is 1.44. The van der Waals surface area contributed by atoms with Gasteiger partial charge in [-0.1, -0.05) is 60.7 Å². The number of aromatic nitrogens is 2. The second-order valence-corrected chi connectivity index (χ2v) is 6.73. The smallest absolute Gasteiger partial charge is 0.251 e. The first-order valence-electron chi connectivity index (χ1n) is 9.75. The predicted molar refractivity (Wildman–Crippen MR) is 116 cm³/mol. The van der Waals surface area contributed by atoms with Crippen molar-refractivity contribution in [1.29, 1.82) is 0 Å². The summed E-state index contributed by atoms with van der Waals surface area (Å²) in [6.45, 7) is 0.579. The van der Waals surface area contributed by atoms with Gasteiger partial charge in [0.2, 0.25) is 5.88 Å². The summed E-state index contributed by atoms with van der Waals surface area (Å²) in [6.07, 6.45) is 2.25. The number of carbonyl (C=O) groups excluding carboxylic acids is 1. The molecule has 0 radical (unpaired) electrons. The molecule has 1 amide bonds. The van der Waals surface area contributed by atoms with Gasteiger partial charge in [0.05, 0.1) is 5.69 Å². The lowest BCUT2D eigenvalue weighted by Crippen LogP contribution is -2.25. The van der Waals surface area contributed by atoms with Gasteiger partial charge in [0.1, 0.15) is 12.1 Å². The minimum Gasteiger partial charge on any atom is -0.439 e. The maximum absolute atomic E-state index is 12.6. The Kier molecular flexibility index (Phi) is 6.11. The molecule has 1 heterocycles. The molecule has 0 aliphatic rings. The van der Waals surface area contributed by atoms with Crippen molar-refractivity contribution in [2.24, 2.45) is 0 Å². The first kappa shape index (κ1) is 19.3. The maximum Gasteiger partial charge on any atom is 0.251 e. The average molecular weight is 395 g/mol. The highest BCUT2D eigenvalue weighted by Crippen LogP contribution is 2.24. The molecule has 5 heteroatoms. The van der Waals surface area contributed by atoms with E-state index in [9.17, 15) is 4.79 Å². The van der Waals surface area contributed by atoms with Crippen molar-refractivity contribution in [2.45, 2.75) is 6.42 Å². The van der Waals surface area contributed by atoms with Crippen LogP contribution in [0.2, 0.25) is 0 Å². The topological polar surface area (TPSA) is 64.1 Å². The Morgan fingerprint density at radius 1 is 0.833 bits per heavy atom. The molecule has 0 aliphatic heterocycles. The largest absolute Gasteiger partial charge is 0.439 e. The molecule has 0 saturated heterocycles. The molecule has 0 atom stereocenters. The molecule has 4 aromatic rings. The molecule has 0 saturated carbocycles. The average Bonchev–Trinajstić information content (AvgIpc) is 2.81. The molecular formula is C25H21N3O2. The van der Waals surface area contributed by atoms with E-state index < -0.39 is 0 Å². The molecule has 4 rings (SSSR count). The summed E-state index contributed by atoms with van der Waals surface area (Å²) >= 11 is 0. The van der Waals surface area contributed by atoms with E-state index in [-0.39, 0.29) is 5.91 Å². The lowest BCUT2D eigenvalue weighted by atomic mass is 10.1. The summed E-state index contributed by atoms with van der Waals surface area (Å²) in [6, 6.07) is 28.7. The highest BCUT2D eigenvalue weighted by Gasteiger charge is 2.09. The zero-order valence-corrected chi connectivity index (χ0v) is 16.4. The summed E-state index contributed by atoms with van der Waals surface area (Å²) in [5.41, 5.74) is 3.30. The fraction of sp³-hybridized carbons (Fsp3) is 0.0800. The highest BCUT2D eigenvalue weighted by molar-refractivity contribution is 5.95. The Hall–Kier alpha value is -3.99. The second kappa shape index (κ2) is 9.47. The number of carbonyl (C=O) groups is 1. The van der Waals surface area contributed by atoms with Crippen molar-refractivity contribution in [2.75, 3.05) is 6.54 Å². The van der Waals surface area contributed by atoms with Crippen LogP contribution in [0.1, 0.15) is 15.9 Å². The van der Waals surface area contributed by atoms with Gasteiger partial charge >= 0.3 is 0 Å². The van der Waals surface area contributed by atoms with E-state index in [0.717, 1.165) is 12.0 Å². The van der Waals surface area contributed by atoms with E-state index >= 15 is 0 Å². The van der Waals surface area contributed by atoms with Gasteiger partial charge in [0.25, 0.3) is 5.91 Å². The molecule has 1 aromatic heterocycles. The Morgan fingerprint density at radius 3 is 2.40 bits per heavy atom. The van der Waals surface area contributed by atoms with Crippen molar-refractivity contribution in [1.82, 2.24) is 15.3 Å². The van der Waals surface area contributed by atoms with Crippen LogP contribution in [0.5, 0.6) is 11.6 Å². The summed E-state index contributed by atoms with van der Waals surface area (Å²) in [5, 5.41) is 2.97. The lowest BCUT2D eigenvalue weighted by Gasteiger charge is -2.08. The monoisotopic (exact) mass is 395 g/mol. The van der Waals surface area contributed by atoms with Gasteiger partial charge in [-0.15, -0.1) is 0 Å². The summed E-state index contributed by atoms with van der Waals surface area (Å²) < 4.78 is 5.78. The zero-order valence-electron chi connectivity index (χ0n) is 16.4. The number of para-hydroxylation sites is 1. The van der Waals surface area contributed by atoms with Crippen molar-refractivity contribution in [3.05, 3.63) is 108 Å². The van der Waals surface area contributed by atoms with E-state index in [4.69, 9.17) is 4.74 Å². The lowest BCUT2D eigenvalue weighted by molar-refractivity contribution is 0.0954. The molecule has 30 heavy (non-hydrogen) atoms. The molecule has 0 unspecified atom stereocenters. The minimum atomic E-state index is -0.109. The zero-order chi connectivity index (χ0) is 20.6. The fourth-order valence-corrected chi connectivity index (χ4v) is 3.05. The van der Waals surface area contributed by atoms with Crippen LogP contribution in [0, 0.1) is 0 Å². The number of nitrogens with zero attached hydrogens (tertiary/aromatic N) is 2. The van der Waals surface area contributed by atoms with Crippen molar-refractivity contribution >= 4 is 5.91 Å². The molecule has 0 spiro atoms. The normalized spacial score (nSPS) is 10.4. The number of nitrogens with one attached hydrogen (secondary N) is 1. The summed E-state index contributed by atoms with van der Waals surface area (Å²) in [4.78, 5) is 21.1. The number of benzene rings is 3. The van der Waals surface area contributed by atoms with Crippen LogP contribution in [0.15, 0.2) is 97.3 Å². The quantitative estimate of drug-likeness (QED) is 0.483. The number of amides is 1. The van der Waals surface area contributed by atoms with Gasteiger partial charge < -0.3 is 10.1 Å². The number of rotatable bonds is 7. The van der Waals surface area contributed by atoms with Crippen LogP contribution in [-0.4, -0.2) is 22.4 Å². The Bertz CT molecular complexity index is 1120. The third-order valence-electron chi connectivity index (χ3n) is 4.57. The molecule has 1 N–H and O–H groups in total. The number of ether oxygens (including phenoxy) is 1. The molecule has 0 fully saturated rings. The summed E-state index contributed by atoms with van der Waals surface area (Å²) in [7, 11) is 0. The van der Waals surface area contributed by atoms with Gasteiger partial charge in [-0.05, 0) is 36.2 Å². The Labute approximate surface area is 175 Å². The van der Waals surface area contributed by atoms with Crippen LogP contribution in [-0.2, 0) is 6.42 Å². The van der Waals surface area contributed by atoms with Crippen LogP contribution >= 0.6 is 0 Å². The van der Waals surface area contributed by atoms with Gasteiger partial charge in [0, 0.05) is 23.7 Å². The third kappa shape index (κ3) is 5.08. The fourth-order valence-electron chi connectivity index (χ4n) is 3.05. The highest BCUT2D eigenvalue weighted by atomic mass is 16.5. The second-order valence-electron chi connectivity index (χ2n) is 6.73. The molecule has 0 aliphatic carbocycles. The molecule has 5 nitrogen and oxygen atoms in total. The van der Waals surface area contributed by atoms with Crippen LogP contribution in [0.3, 0.4) is 0 Å². The third-order valence-corrected chi connectivity index (χ3v) is 4.57. The van der Waals surface area contributed by atoms with Crippen LogP contribution < -0.4 is 10.1 Å². The summed E-state index contributed by atoms with van der Waals surface area (Å²) in [5.74, 6) is 1.04. The van der Waals surface area contributed by atoms with Crippen molar-refractivity contribution in [3.63, 3.8) is 0 Å². The van der Waals surface area contributed by atoms with E-state index in [0.29, 0.717) is 29.4 Å². The van der Waals surface area contributed by atoms with Crippen molar-refractivity contribution < 1.29 is 9.53 Å². The van der Waals surface area contributed by atoms with Gasteiger partial charge in [-0.25, -0.2) is 9.97 Å². The van der Waals surface area contributed by atoms with E-state index in [1.165, 1.54) is 11.9 Å². The van der Waals surface area contributed by atoms with E-state index in [1.54, 1.807) is 12.1 Å². The van der Waals surface area contributed by atoms with E-state index in [1.807, 2.05) is 66.7 Å². The maximum atomic E-state index is 12.6.